The Morgan fingerprint density at radius 2 is 2.10 bits per heavy atom. The van der Waals surface area contributed by atoms with Crippen LogP contribution in [-0.4, -0.2) is 35.3 Å². The van der Waals surface area contributed by atoms with Crippen LogP contribution in [0.2, 0.25) is 0 Å². The lowest BCUT2D eigenvalue weighted by Gasteiger charge is -2.17. The molecule has 0 bridgehead atoms. The molecule has 1 heterocycles. The quantitative estimate of drug-likeness (QED) is 0.893. The van der Waals surface area contributed by atoms with E-state index in [4.69, 9.17) is 5.73 Å². The number of hydrogen-bond donors (Lipinski definition) is 1. The second-order valence-electron chi connectivity index (χ2n) is 5.05. The molecule has 1 aromatic heterocycles. The van der Waals surface area contributed by atoms with Gasteiger partial charge in [-0.2, -0.15) is 5.10 Å². The van der Waals surface area contributed by atoms with Gasteiger partial charge in [0.1, 0.15) is 11.6 Å². The molecule has 0 saturated carbocycles. The Morgan fingerprint density at radius 1 is 1.38 bits per heavy atom. The number of nitrogens with zero attached hydrogens (tertiary/aromatic N) is 3. The summed E-state index contributed by atoms with van der Waals surface area (Å²) in [5.74, 6) is -1.28. The molecule has 0 aliphatic rings. The molecular formula is C14H17BrF2N4. The third-order valence-electron chi connectivity index (χ3n) is 3.18. The molecule has 4 nitrogen and oxygen atoms in total. The molecule has 0 aliphatic heterocycles. The van der Waals surface area contributed by atoms with E-state index in [1.54, 1.807) is 10.9 Å². The summed E-state index contributed by atoms with van der Waals surface area (Å²) in [6.07, 6.45) is 1.63. The van der Waals surface area contributed by atoms with Crippen LogP contribution < -0.4 is 5.73 Å². The van der Waals surface area contributed by atoms with Gasteiger partial charge in [-0.1, -0.05) is 6.07 Å². The summed E-state index contributed by atoms with van der Waals surface area (Å²) >= 11 is 3.39. The summed E-state index contributed by atoms with van der Waals surface area (Å²) < 4.78 is 29.3. The van der Waals surface area contributed by atoms with E-state index in [9.17, 15) is 8.78 Å². The molecule has 1 aromatic carbocycles. The number of aromatic nitrogens is 2. The summed E-state index contributed by atoms with van der Waals surface area (Å²) in [6, 6.07) is 2.69. The fraction of sp³-hybridized carbons (Fsp3) is 0.357. The lowest BCUT2D eigenvalue weighted by atomic mass is 10.0. The van der Waals surface area contributed by atoms with E-state index in [1.807, 2.05) is 19.0 Å². The van der Waals surface area contributed by atoms with Gasteiger partial charge in [0.2, 0.25) is 0 Å². The summed E-state index contributed by atoms with van der Waals surface area (Å²) in [4.78, 5) is 2.02. The van der Waals surface area contributed by atoms with Crippen molar-refractivity contribution >= 4 is 15.9 Å². The Balaban J connectivity index is 2.34. The van der Waals surface area contributed by atoms with Gasteiger partial charge >= 0.3 is 0 Å². The lowest BCUT2D eigenvalue weighted by molar-refractivity contribution is 0.367. The molecule has 2 aromatic rings. The zero-order valence-electron chi connectivity index (χ0n) is 11.9. The first-order valence-corrected chi connectivity index (χ1v) is 7.26. The molecule has 1 unspecified atom stereocenters. The lowest BCUT2D eigenvalue weighted by Crippen LogP contribution is -2.24. The minimum absolute atomic E-state index is 0.240. The van der Waals surface area contributed by atoms with Gasteiger partial charge in [0.05, 0.1) is 29.0 Å². The van der Waals surface area contributed by atoms with Crippen LogP contribution in [0.1, 0.15) is 17.3 Å². The maximum Gasteiger partial charge on any atom is 0.131 e. The Kier molecular flexibility index (Phi) is 5.08. The zero-order chi connectivity index (χ0) is 15.6. The Morgan fingerprint density at radius 3 is 2.71 bits per heavy atom. The van der Waals surface area contributed by atoms with Crippen LogP contribution in [-0.2, 0) is 6.54 Å². The van der Waals surface area contributed by atoms with Gasteiger partial charge in [0, 0.05) is 18.2 Å². The highest BCUT2D eigenvalue weighted by atomic mass is 79.9. The molecule has 21 heavy (non-hydrogen) atoms. The summed E-state index contributed by atoms with van der Waals surface area (Å²) in [6.45, 7) is 1.41. The first kappa shape index (κ1) is 16.1. The van der Waals surface area contributed by atoms with Crippen molar-refractivity contribution in [1.82, 2.24) is 14.7 Å². The fourth-order valence-electron chi connectivity index (χ4n) is 2.06. The van der Waals surface area contributed by atoms with Gasteiger partial charge < -0.3 is 10.6 Å². The topological polar surface area (TPSA) is 47.1 Å². The summed E-state index contributed by atoms with van der Waals surface area (Å²) in [7, 11) is 3.91. The van der Waals surface area contributed by atoms with E-state index in [2.05, 4.69) is 21.0 Å². The van der Waals surface area contributed by atoms with Crippen molar-refractivity contribution < 1.29 is 8.78 Å². The number of hydrogen-bond acceptors (Lipinski definition) is 3. The van der Waals surface area contributed by atoms with E-state index in [1.165, 1.54) is 12.1 Å². The third kappa shape index (κ3) is 3.66. The van der Waals surface area contributed by atoms with Gasteiger partial charge in [-0.25, -0.2) is 8.78 Å². The Hall–Kier alpha value is -1.31. The van der Waals surface area contributed by atoms with Crippen molar-refractivity contribution in [3.63, 3.8) is 0 Å². The second-order valence-corrected chi connectivity index (χ2v) is 5.90. The van der Waals surface area contributed by atoms with E-state index >= 15 is 0 Å². The van der Waals surface area contributed by atoms with Gasteiger partial charge in [-0.15, -0.1) is 0 Å². The number of halogens is 3. The maximum absolute atomic E-state index is 13.9. The van der Waals surface area contributed by atoms with Crippen LogP contribution in [0.5, 0.6) is 0 Å². The molecular weight excluding hydrogens is 342 g/mol. The highest BCUT2D eigenvalue weighted by Crippen LogP contribution is 2.28. The molecule has 2 rings (SSSR count). The van der Waals surface area contributed by atoms with E-state index in [0.29, 0.717) is 16.7 Å². The molecule has 0 radical (unpaired) electrons. The van der Waals surface area contributed by atoms with Crippen molar-refractivity contribution in [3.05, 3.63) is 51.8 Å². The minimum atomic E-state index is -0.718. The van der Waals surface area contributed by atoms with Crippen molar-refractivity contribution in [2.45, 2.75) is 12.6 Å². The van der Waals surface area contributed by atoms with Crippen LogP contribution in [0.3, 0.4) is 0 Å². The monoisotopic (exact) mass is 358 g/mol. The minimum Gasteiger partial charge on any atom is -0.319 e. The average molecular weight is 359 g/mol. The van der Waals surface area contributed by atoms with Crippen molar-refractivity contribution in [2.75, 3.05) is 20.6 Å². The second kappa shape index (κ2) is 6.64. The SMILES string of the molecule is CN(C)CCn1ncc(Br)c1C(N)c1ccc(F)cc1F. The fourth-order valence-corrected chi connectivity index (χ4v) is 2.60. The molecule has 0 amide bonds. The van der Waals surface area contributed by atoms with E-state index < -0.39 is 17.7 Å². The van der Waals surface area contributed by atoms with E-state index in [-0.39, 0.29) is 5.56 Å². The van der Waals surface area contributed by atoms with Crippen LogP contribution >= 0.6 is 15.9 Å². The van der Waals surface area contributed by atoms with Gasteiger partial charge in [0.15, 0.2) is 0 Å². The maximum atomic E-state index is 13.9. The standard InChI is InChI=1S/C14H17BrF2N4/c1-20(2)5-6-21-14(11(15)8-19-21)13(18)10-4-3-9(16)7-12(10)17/h3-4,7-8,13H,5-6,18H2,1-2H3. The largest absolute Gasteiger partial charge is 0.319 e. The van der Waals surface area contributed by atoms with Crippen molar-refractivity contribution in [3.8, 4) is 0 Å². The average Bonchev–Trinajstić information content (AvgIpc) is 2.77. The molecule has 1 atom stereocenters. The summed E-state index contributed by atoms with van der Waals surface area (Å²) in [5, 5.41) is 4.25. The molecule has 0 saturated heterocycles. The number of likely N-dealkylation sites (N-methyl/N-ethyl adjacent to an activating group) is 1. The smallest absolute Gasteiger partial charge is 0.131 e. The normalized spacial score (nSPS) is 12.9. The van der Waals surface area contributed by atoms with Crippen molar-refractivity contribution in [2.24, 2.45) is 5.73 Å². The zero-order valence-corrected chi connectivity index (χ0v) is 13.4. The van der Waals surface area contributed by atoms with Crippen LogP contribution in [0.15, 0.2) is 28.9 Å². The van der Waals surface area contributed by atoms with Crippen LogP contribution in [0, 0.1) is 11.6 Å². The van der Waals surface area contributed by atoms with E-state index in [0.717, 1.165) is 12.6 Å². The van der Waals surface area contributed by atoms with Crippen LogP contribution in [0.4, 0.5) is 8.78 Å². The molecule has 0 spiro atoms. The van der Waals surface area contributed by atoms with Crippen molar-refractivity contribution in [1.29, 1.82) is 0 Å². The Labute approximate surface area is 130 Å². The van der Waals surface area contributed by atoms with Gasteiger partial charge in [-0.3, -0.25) is 4.68 Å². The predicted molar refractivity (Wildman–Crippen MR) is 80.9 cm³/mol. The molecule has 0 aliphatic carbocycles. The predicted octanol–water partition coefficient (Wildman–Crippen LogP) is 2.53. The summed E-state index contributed by atoms with van der Waals surface area (Å²) in [5.41, 5.74) is 7.06. The third-order valence-corrected chi connectivity index (χ3v) is 3.80. The molecule has 2 N–H and O–H groups in total. The number of nitrogens with two attached hydrogens (primary N) is 1. The highest BCUT2D eigenvalue weighted by Gasteiger charge is 2.21. The number of benzene rings is 1. The highest BCUT2D eigenvalue weighted by molar-refractivity contribution is 9.10. The number of rotatable bonds is 5. The first-order valence-electron chi connectivity index (χ1n) is 6.46. The van der Waals surface area contributed by atoms with Gasteiger partial charge in [-0.05, 0) is 36.1 Å². The molecule has 0 fully saturated rings. The first-order chi connectivity index (χ1) is 9.90. The Bertz CT molecular complexity index is 627. The molecule has 7 heteroatoms. The van der Waals surface area contributed by atoms with Crippen LogP contribution in [0.25, 0.3) is 0 Å². The molecule has 114 valence electrons. The van der Waals surface area contributed by atoms with Gasteiger partial charge in [0.25, 0.3) is 0 Å².